The maximum absolute atomic E-state index is 12.4. The standard InChI is InChI=1S/C16H19N3O3/c1-11-2-4-12(5-3-11)19-9-8-18(10-13(19)20)15(22)16(6-7-16)14(17)21/h2-5H,6-10H2,1H3,(H2,17,21). The van der Waals surface area contributed by atoms with Gasteiger partial charge in [0.25, 0.3) is 0 Å². The van der Waals surface area contributed by atoms with Crippen molar-refractivity contribution in [3.8, 4) is 0 Å². The molecule has 22 heavy (non-hydrogen) atoms. The van der Waals surface area contributed by atoms with Gasteiger partial charge in [-0.1, -0.05) is 17.7 Å². The maximum Gasteiger partial charge on any atom is 0.246 e. The summed E-state index contributed by atoms with van der Waals surface area (Å²) in [4.78, 5) is 39.3. The fourth-order valence-electron chi connectivity index (χ4n) is 2.84. The van der Waals surface area contributed by atoms with Crippen molar-refractivity contribution in [2.75, 3.05) is 24.5 Å². The van der Waals surface area contributed by atoms with Gasteiger partial charge in [-0.3, -0.25) is 14.4 Å². The molecular weight excluding hydrogens is 282 g/mol. The van der Waals surface area contributed by atoms with E-state index in [1.807, 2.05) is 31.2 Å². The second-order valence-electron chi connectivity index (χ2n) is 6.05. The van der Waals surface area contributed by atoms with Crippen LogP contribution in [0.25, 0.3) is 0 Å². The van der Waals surface area contributed by atoms with Crippen molar-refractivity contribution in [1.82, 2.24) is 4.90 Å². The van der Waals surface area contributed by atoms with Gasteiger partial charge in [-0.25, -0.2) is 0 Å². The molecule has 2 fully saturated rings. The van der Waals surface area contributed by atoms with Gasteiger partial charge in [-0.05, 0) is 31.9 Å². The summed E-state index contributed by atoms with van der Waals surface area (Å²) in [5.74, 6) is -1.01. The lowest BCUT2D eigenvalue weighted by Crippen LogP contribution is -2.55. The van der Waals surface area contributed by atoms with Crippen LogP contribution in [0.3, 0.4) is 0 Å². The van der Waals surface area contributed by atoms with E-state index in [0.717, 1.165) is 11.3 Å². The molecular formula is C16H19N3O3. The first kappa shape index (κ1) is 14.6. The van der Waals surface area contributed by atoms with E-state index in [-0.39, 0.29) is 18.4 Å². The van der Waals surface area contributed by atoms with Crippen molar-refractivity contribution < 1.29 is 14.4 Å². The average molecular weight is 301 g/mol. The van der Waals surface area contributed by atoms with Crippen LogP contribution < -0.4 is 10.6 Å². The molecule has 0 radical (unpaired) electrons. The van der Waals surface area contributed by atoms with Crippen LogP contribution in [0.4, 0.5) is 5.69 Å². The first-order chi connectivity index (χ1) is 10.4. The predicted octanol–water partition coefficient (Wildman–Crippen LogP) is 0.436. The zero-order valence-corrected chi connectivity index (χ0v) is 12.5. The number of nitrogens with two attached hydrogens (primary N) is 1. The van der Waals surface area contributed by atoms with Crippen LogP contribution in [0.5, 0.6) is 0 Å². The molecule has 3 amide bonds. The van der Waals surface area contributed by atoms with E-state index in [1.54, 1.807) is 4.90 Å². The minimum atomic E-state index is -1.05. The Hall–Kier alpha value is -2.37. The molecule has 1 aromatic carbocycles. The third kappa shape index (κ3) is 2.34. The minimum Gasteiger partial charge on any atom is -0.369 e. The number of carbonyl (C=O) groups is 3. The predicted molar refractivity (Wildman–Crippen MR) is 81.0 cm³/mol. The summed E-state index contributed by atoms with van der Waals surface area (Å²) in [5, 5.41) is 0. The first-order valence-corrected chi connectivity index (χ1v) is 7.40. The number of piperazine rings is 1. The van der Waals surface area contributed by atoms with Gasteiger partial charge < -0.3 is 15.5 Å². The third-order valence-corrected chi connectivity index (χ3v) is 4.48. The molecule has 1 saturated carbocycles. The van der Waals surface area contributed by atoms with E-state index < -0.39 is 11.3 Å². The summed E-state index contributed by atoms with van der Waals surface area (Å²) < 4.78 is 0. The highest BCUT2D eigenvalue weighted by Crippen LogP contribution is 2.47. The number of amides is 3. The fraction of sp³-hybridized carbons (Fsp3) is 0.438. The molecule has 0 atom stereocenters. The number of benzene rings is 1. The summed E-state index contributed by atoms with van der Waals surface area (Å²) >= 11 is 0. The van der Waals surface area contributed by atoms with Crippen molar-refractivity contribution in [1.29, 1.82) is 0 Å². The lowest BCUT2D eigenvalue weighted by Gasteiger charge is -2.35. The number of rotatable bonds is 3. The Morgan fingerprint density at radius 1 is 1.14 bits per heavy atom. The second-order valence-corrected chi connectivity index (χ2v) is 6.05. The SMILES string of the molecule is Cc1ccc(N2CCN(C(=O)C3(C(N)=O)CC3)CC2=O)cc1. The van der Waals surface area contributed by atoms with E-state index in [0.29, 0.717) is 25.9 Å². The molecule has 6 heteroatoms. The molecule has 1 aliphatic heterocycles. The molecule has 1 aromatic rings. The highest BCUT2D eigenvalue weighted by Gasteiger charge is 2.57. The zero-order valence-electron chi connectivity index (χ0n) is 12.5. The van der Waals surface area contributed by atoms with Gasteiger partial charge in [0.05, 0.1) is 0 Å². The van der Waals surface area contributed by atoms with E-state index in [2.05, 4.69) is 0 Å². The molecule has 0 bridgehead atoms. The number of carbonyl (C=O) groups excluding carboxylic acids is 3. The van der Waals surface area contributed by atoms with E-state index >= 15 is 0 Å². The summed E-state index contributed by atoms with van der Waals surface area (Å²) in [6.07, 6.45) is 0.987. The van der Waals surface area contributed by atoms with Crippen LogP contribution in [-0.2, 0) is 14.4 Å². The molecule has 0 aromatic heterocycles. The second kappa shape index (κ2) is 5.12. The summed E-state index contributed by atoms with van der Waals surface area (Å²) in [6, 6.07) is 7.70. The van der Waals surface area contributed by atoms with Crippen LogP contribution in [0.15, 0.2) is 24.3 Å². The average Bonchev–Trinajstić information content (AvgIpc) is 3.29. The molecule has 1 heterocycles. The van der Waals surface area contributed by atoms with Gasteiger partial charge in [0.15, 0.2) is 0 Å². The third-order valence-electron chi connectivity index (χ3n) is 4.48. The van der Waals surface area contributed by atoms with Gasteiger partial charge >= 0.3 is 0 Å². The number of aryl methyl sites for hydroxylation is 1. The Labute approximate surface area is 128 Å². The number of anilines is 1. The lowest BCUT2D eigenvalue weighted by molar-refractivity contribution is -0.146. The van der Waals surface area contributed by atoms with E-state index in [4.69, 9.17) is 5.73 Å². The molecule has 116 valence electrons. The van der Waals surface area contributed by atoms with Crippen LogP contribution in [0, 0.1) is 12.3 Å². The quantitative estimate of drug-likeness (QED) is 0.822. The number of hydrogen-bond acceptors (Lipinski definition) is 3. The highest BCUT2D eigenvalue weighted by atomic mass is 16.2. The maximum atomic E-state index is 12.4. The van der Waals surface area contributed by atoms with Gasteiger partial charge in [0.1, 0.15) is 12.0 Å². The summed E-state index contributed by atoms with van der Waals surface area (Å²) in [5.41, 5.74) is 6.24. The largest absolute Gasteiger partial charge is 0.369 e. The van der Waals surface area contributed by atoms with Crippen LogP contribution in [-0.4, -0.2) is 42.3 Å². The van der Waals surface area contributed by atoms with Gasteiger partial charge in [-0.2, -0.15) is 0 Å². The molecule has 0 unspecified atom stereocenters. The number of nitrogens with zero attached hydrogens (tertiary/aromatic N) is 2. The first-order valence-electron chi connectivity index (χ1n) is 7.40. The monoisotopic (exact) mass is 301 g/mol. The smallest absolute Gasteiger partial charge is 0.246 e. The van der Waals surface area contributed by atoms with Crippen molar-refractivity contribution in [2.45, 2.75) is 19.8 Å². The fourth-order valence-corrected chi connectivity index (χ4v) is 2.84. The molecule has 3 rings (SSSR count). The molecule has 2 aliphatic rings. The van der Waals surface area contributed by atoms with E-state index in [1.165, 1.54) is 4.90 Å². The van der Waals surface area contributed by atoms with Crippen LogP contribution in [0.1, 0.15) is 18.4 Å². The summed E-state index contributed by atoms with van der Waals surface area (Å²) in [6.45, 7) is 2.85. The Balaban J connectivity index is 1.70. The van der Waals surface area contributed by atoms with Crippen molar-refractivity contribution in [2.24, 2.45) is 11.1 Å². The summed E-state index contributed by atoms with van der Waals surface area (Å²) in [7, 11) is 0. The van der Waals surface area contributed by atoms with Crippen molar-refractivity contribution in [3.05, 3.63) is 29.8 Å². The van der Waals surface area contributed by atoms with Gasteiger partial charge in [0, 0.05) is 18.8 Å². The molecule has 2 N–H and O–H groups in total. The highest BCUT2D eigenvalue weighted by molar-refractivity contribution is 6.09. The molecule has 1 aliphatic carbocycles. The van der Waals surface area contributed by atoms with Crippen LogP contribution in [0.2, 0.25) is 0 Å². The molecule has 0 spiro atoms. The zero-order chi connectivity index (χ0) is 15.9. The van der Waals surface area contributed by atoms with Gasteiger partial charge in [-0.15, -0.1) is 0 Å². The molecule has 1 saturated heterocycles. The van der Waals surface area contributed by atoms with Crippen molar-refractivity contribution in [3.63, 3.8) is 0 Å². The Bertz CT molecular complexity index is 635. The topological polar surface area (TPSA) is 83.7 Å². The Morgan fingerprint density at radius 2 is 1.77 bits per heavy atom. The van der Waals surface area contributed by atoms with Crippen molar-refractivity contribution >= 4 is 23.4 Å². The Kier molecular flexibility index (Phi) is 3.39. The number of primary amides is 1. The van der Waals surface area contributed by atoms with Crippen LogP contribution >= 0.6 is 0 Å². The Morgan fingerprint density at radius 3 is 2.27 bits per heavy atom. The lowest BCUT2D eigenvalue weighted by atomic mass is 10.0. The van der Waals surface area contributed by atoms with E-state index in [9.17, 15) is 14.4 Å². The number of hydrogen-bond donors (Lipinski definition) is 1. The molecule has 6 nitrogen and oxygen atoms in total. The normalized spacial score (nSPS) is 20.0. The minimum absolute atomic E-state index is 0.00173. The van der Waals surface area contributed by atoms with Gasteiger partial charge in [0.2, 0.25) is 17.7 Å².